The maximum absolute atomic E-state index is 10.9. The normalized spacial score (nSPS) is 10.1. The number of nitrogens with one attached hydrogen (secondary N) is 2. The van der Waals surface area contributed by atoms with Crippen LogP contribution in [0, 0.1) is 0 Å². The van der Waals surface area contributed by atoms with Crippen LogP contribution in [-0.2, 0) is 0 Å². The van der Waals surface area contributed by atoms with Gasteiger partial charge in [0.15, 0.2) is 0 Å². The second-order valence-electron chi connectivity index (χ2n) is 2.77. The van der Waals surface area contributed by atoms with Gasteiger partial charge in [-0.15, -0.1) is 11.3 Å². The predicted octanol–water partition coefficient (Wildman–Crippen LogP) is 1.90. The van der Waals surface area contributed by atoms with Gasteiger partial charge in [0, 0.05) is 10.4 Å². The van der Waals surface area contributed by atoms with Gasteiger partial charge in [-0.3, -0.25) is 5.43 Å². The number of rotatable bonds is 1. The molecule has 0 aliphatic carbocycles. The van der Waals surface area contributed by atoms with Crippen LogP contribution in [0.1, 0.15) is 0 Å². The number of hydrazine groups is 1. The van der Waals surface area contributed by atoms with Crippen LogP contribution in [-0.4, -0.2) is 6.03 Å². The first-order valence-electron chi connectivity index (χ1n) is 4.04. The molecule has 1 aromatic carbocycles. The molecule has 0 aliphatic rings. The molecule has 0 atom stereocenters. The highest BCUT2D eigenvalue weighted by Gasteiger charge is 2.00. The summed E-state index contributed by atoms with van der Waals surface area (Å²) in [6, 6.07) is 7.30. The van der Waals surface area contributed by atoms with Crippen LogP contribution in [0.4, 0.5) is 10.5 Å². The molecule has 0 unspecified atom stereocenters. The summed E-state index contributed by atoms with van der Waals surface area (Å²) in [4.78, 5) is 10.9. The van der Waals surface area contributed by atoms with Crippen molar-refractivity contribution in [2.45, 2.75) is 0 Å². The van der Waals surface area contributed by atoms with Gasteiger partial charge in [-0.2, -0.15) is 0 Å². The largest absolute Gasteiger partial charge is 0.333 e. The summed E-state index contributed by atoms with van der Waals surface area (Å²) in [5, 5.41) is 5.73. The maximum Gasteiger partial charge on any atom is 0.333 e. The van der Waals surface area contributed by atoms with Crippen molar-refractivity contribution >= 4 is 33.1 Å². The van der Waals surface area contributed by atoms with E-state index < -0.39 is 6.03 Å². The molecule has 0 radical (unpaired) electrons. The predicted molar refractivity (Wildman–Crippen MR) is 58.2 cm³/mol. The topological polar surface area (TPSA) is 67.1 Å². The van der Waals surface area contributed by atoms with Gasteiger partial charge < -0.3 is 5.32 Å². The Morgan fingerprint density at radius 3 is 3.00 bits per heavy atom. The second kappa shape index (κ2) is 3.65. The van der Waals surface area contributed by atoms with Crippen molar-refractivity contribution in [1.29, 1.82) is 0 Å². The van der Waals surface area contributed by atoms with E-state index in [9.17, 15) is 4.79 Å². The molecule has 0 saturated carbocycles. The maximum atomic E-state index is 10.9. The fraction of sp³-hybridized carbons (Fsp3) is 0. The number of amides is 2. The van der Waals surface area contributed by atoms with Crippen LogP contribution >= 0.6 is 11.3 Å². The van der Waals surface area contributed by atoms with Crippen LogP contribution in [0.5, 0.6) is 0 Å². The minimum Gasteiger partial charge on any atom is -0.307 e. The number of thiophene rings is 1. The molecular formula is C9H9N3OS. The van der Waals surface area contributed by atoms with Crippen molar-refractivity contribution in [2.24, 2.45) is 5.84 Å². The number of nitrogens with two attached hydrogens (primary N) is 1. The fourth-order valence-corrected chi connectivity index (χ4v) is 1.98. The lowest BCUT2D eigenvalue weighted by molar-refractivity contribution is 0.252. The van der Waals surface area contributed by atoms with Crippen molar-refractivity contribution < 1.29 is 4.79 Å². The first-order valence-corrected chi connectivity index (χ1v) is 4.92. The Kier molecular flexibility index (Phi) is 2.34. The number of hydrogen-bond donors (Lipinski definition) is 3. The van der Waals surface area contributed by atoms with Gasteiger partial charge in [0.25, 0.3) is 0 Å². The van der Waals surface area contributed by atoms with Crippen LogP contribution in [0.2, 0.25) is 0 Å². The first kappa shape index (κ1) is 8.98. The number of carbonyl (C=O) groups excluding carboxylic acids is 1. The Bertz CT molecular complexity index is 466. The summed E-state index contributed by atoms with van der Waals surface area (Å²) in [6.45, 7) is 0. The highest BCUT2D eigenvalue weighted by Crippen LogP contribution is 2.23. The molecule has 2 aromatic rings. The van der Waals surface area contributed by atoms with Crippen LogP contribution in [0.3, 0.4) is 0 Å². The first-order chi connectivity index (χ1) is 6.79. The van der Waals surface area contributed by atoms with Crippen molar-refractivity contribution in [3.8, 4) is 0 Å². The number of urea groups is 1. The molecule has 0 fully saturated rings. The van der Waals surface area contributed by atoms with Crippen molar-refractivity contribution in [3.05, 3.63) is 29.6 Å². The van der Waals surface area contributed by atoms with E-state index >= 15 is 0 Å². The van der Waals surface area contributed by atoms with E-state index in [2.05, 4.69) is 5.32 Å². The monoisotopic (exact) mass is 207 g/mol. The third-order valence-electron chi connectivity index (χ3n) is 1.84. The lowest BCUT2D eigenvalue weighted by Gasteiger charge is -2.03. The summed E-state index contributed by atoms with van der Waals surface area (Å²) in [6.07, 6.45) is 0. The van der Waals surface area contributed by atoms with Gasteiger partial charge >= 0.3 is 6.03 Å². The molecular weight excluding hydrogens is 198 g/mol. The van der Waals surface area contributed by atoms with E-state index in [1.165, 1.54) is 4.70 Å². The van der Waals surface area contributed by atoms with Crippen LogP contribution < -0.4 is 16.6 Å². The number of fused-ring (bicyclic) bond motifs is 1. The minimum absolute atomic E-state index is 0.417. The summed E-state index contributed by atoms with van der Waals surface area (Å²) in [5.74, 6) is 4.95. The Morgan fingerprint density at radius 2 is 2.21 bits per heavy atom. The van der Waals surface area contributed by atoms with Gasteiger partial charge in [-0.05, 0) is 35.0 Å². The SMILES string of the molecule is NNC(=O)Nc1ccc2sccc2c1. The average Bonchev–Trinajstić information content (AvgIpc) is 2.64. The number of hydrogen-bond acceptors (Lipinski definition) is 3. The van der Waals surface area contributed by atoms with Crippen LogP contribution in [0.25, 0.3) is 10.1 Å². The fourth-order valence-electron chi connectivity index (χ4n) is 1.21. The van der Waals surface area contributed by atoms with Crippen molar-refractivity contribution in [1.82, 2.24) is 5.43 Å². The Labute approximate surface area is 84.7 Å². The van der Waals surface area contributed by atoms with E-state index in [0.717, 1.165) is 11.1 Å². The molecule has 0 spiro atoms. The third-order valence-corrected chi connectivity index (χ3v) is 2.74. The molecule has 1 heterocycles. The van der Waals surface area contributed by atoms with E-state index in [0.29, 0.717) is 0 Å². The van der Waals surface area contributed by atoms with Gasteiger partial charge in [0.1, 0.15) is 0 Å². The van der Waals surface area contributed by atoms with Crippen molar-refractivity contribution in [3.63, 3.8) is 0 Å². The molecule has 4 nitrogen and oxygen atoms in total. The summed E-state index contributed by atoms with van der Waals surface area (Å²) >= 11 is 1.67. The van der Waals surface area contributed by atoms with E-state index in [4.69, 9.17) is 5.84 Å². The summed E-state index contributed by atoms with van der Waals surface area (Å²) in [5.41, 5.74) is 2.74. The average molecular weight is 207 g/mol. The van der Waals surface area contributed by atoms with E-state index in [-0.39, 0.29) is 0 Å². The second-order valence-corrected chi connectivity index (χ2v) is 3.72. The standard InChI is InChI=1S/C9H9N3OS/c10-12-9(13)11-7-1-2-8-6(5-7)3-4-14-8/h1-5H,10H2,(H2,11,12,13). The van der Waals surface area contributed by atoms with Gasteiger partial charge in [-0.1, -0.05) is 0 Å². The van der Waals surface area contributed by atoms with Crippen LogP contribution in [0.15, 0.2) is 29.6 Å². The zero-order valence-corrected chi connectivity index (χ0v) is 8.10. The highest BCUT2D eigenvalue weighted by molar-refractivity contribution is 7.17. The van der Waals surface area contributed by atoms with Gasteiger partial charge in [-0.25, -0.2) is 10.6 Å². The van der Waals surface area contributed by atoms with E-state index in [1.807, 2.05) is 35.1 Å². The summed E-state index contributed by atoms with van der Waals surface area (Å²) < 4.78 is 1.20. The van der Waals surface area contributed by atoms with Gasteiger partial charge in [0.05, 0.1) is 0 Å². The molecule has 0 bridgehead atoms. The molecule has 5 heteroatoms. The molecule has 0 aliphatic heterocycles. The zero-order chi connectivity index (χ0) is 9.97. The molecule has 2 amide bonds. The number of benzene rings is 1. The molecule has 0 saturated heterocycles. The van der Waals surface area contributed by atoms with Crippen molar-refractivity contribution in [2.75, 3.05) is 5.32 Å². The smallest absolute Gasteiger partial charge is 0.307 e. The molecule has 72 valence electrons. The van der Waals surface area contributed by atoms with Gasteiger partial charge in [0.2, 0.25) is 0 Å². The van der Waals surface area contributed by atoms with E-state index in [1.54, 1.807) is 11.3 Å². The summed E-state index contributed by atoms with van der Waals surface area (Å²) in [7, 11) is 0. The molecule has 2 rings (SSSR count). The minimum atomic E-state index is -0.417. The Morgan fingerprint density at radius 1 is 1.36 bits per heavy atom. The molecule has 1 aromatic heterocycles. The molecule has 14 heavy (non-hydrogen) atoms. The molecule has 4 N–H and O–H groups in total. The number of anilines is 1. The lowest BCUT2D eigenvalue weighted by atomic mass is 10.2. The Hall–Kier alpha value is -1.59. The zero-order valence-electron chi connectivity index (χ0n) is 7.28. The third kappa shape index (κ3) is 1.68. The Balaban J connectivity index is 2.30. The quantitative estimate of drug-likeness (QED) is 0.380. The highest BCUT2D eigenvalue weighted by atomic mass is 32.1. The lowest BCUT2D eigenvalue weighted by Crippen LogP contribution is -2.34. The number of carbonyl (C=O) groups is 1.